The lowest BCUT2D eigenvalue weighted by molar-refractivity contribution is 0.0580. The van der Waals surface area contributed by atoms with E-state index in [2.05, 4.69) is 5.32 Å². The van der Waals surface area contributed by atoms with Crippen molar-refractivity contribution in [2.45, 2.75) is 12.1 Å². The first-order valence-electron chi connectivity index (χ1n) is 5.68. The fourth-order valence-corrected chi connectivity index (χ4v) is 2.12. The Morgan fingerprint density at radius 1 is 1.28 bits per heavy atom. The zero-order valence-corrected chi connectivity index (χ0v) is 10.00. The SMILES string of the molecule is CN(C(=O)c1cc(O)cc(O)c1)[C@H]1CNC[C@@H]1O. The molecule has 1 saturated heterocycles. The molecule has 98 valence electrons. The summed E-state index contributed by atoms with van der Waals surface area (Å²) in [5.41, 5.74) is 0.189. The van der Waals surface area contributed by atoms with Crippen molar-refractivity contribution < 1.29 is 20.1 Å². The first kappa shape index (κ1) is 12.7. The summed E-state index contributed by atoms with van der Waals surface area (Å²) in [6, 6.07) is 3.42. The maximum atomic E-state index is 12.1. The van der Waals surface area contributed by atoms with Crippen molar-refractivity contribution in [3.63, 3.8) is 0 Å². The van der Waals surface area contributed by atoms with Gasteiger partial charge in [-0.05, 0) is 12.1 Å². The molecule has 0 radical (unpaired) electrons. The predicted molar refractivity (Wildman–Crippen MR) is 64.5 cm³/mol. The summed E-state index contributed by atoms with van der Waals surface area (Å²) in [4.78, 5) is 13.6. The number of hydrogen-bond donors (Lipinski definition) is 4. The number of benzene rings is 1. The van der Waals surface area contributed by atoms with Crippen LogP contribution in [0, 0.1) is 0 Å². The molecule has 4 N–H and O–H groups in total. The lowest BCUT2D eigenvalue weighted by Crippen LogP contribution is -2.44. The summed E-state index contributed by atoms with van der Waals surface area (Å²) < 4.78 is 0. The molecule has 2 rings (SSSR count). The summed E-state index contributed by atoms with van der Waals surface area (Å²) >= 11 is 0. The average Bonchev–Trinajstić information content (AvgIpc) is 2.72. The molecule has 1 aliphatic heterocycles. The molecule has 6 heteroatoms. The Hall–Kier alpha value is -1.79. The van der Waals surface area contributed by atoms with E-state index in [4.69, 9.17) is 0 Å². The number of amides is 1. The number of aliphatic hydroxyl groups excluding tert-OH is 1. The molecule has 0 aromatic heterocycles. The number of nitrogens with zero attached hydrogens (tertiary/aromatic N) is 1. The van der Waals surface area contributed by atoms with Crippen molar-refractivity contribution in [1.82, 2.24) is 10.2 Å². The third-order valence-corrected chi connectivity index (χ3v) is 3.12. The Bertz CT molecular complexity index is 443. The molecular weight excluding hydrogens is 236 g/mol. The number of rotatable bonds is 2. The van der Waals surface area contributed by atoms with Crippen molar-refractivity contribution in [3.8, 4) is 11.5 Å². The zero-order chi connectivity index (χ0) is 13.3. The molecule has 0 unspecified atom stereocenters. The average molecular weight is 252 g/mol. The Morgan fingerprint density at radius 2 is 1.89 bits per heavy atom. The highest BCUT2D eigenvalue weighted by molar-refractivity contribution is 5.95. The number of carbonyl (C=O) groups excluding carboxylic acids is 1. The molecule has 1 amide bonds. The van der Waals surface area contributed by atoms with Crippen LogP contribution >= 0.6 is 0 Å². The van der Waals surface area contributed by atoms with Gasteiger partial charge < -0.3 is 25.5 Å². The summed E-state index contributed by atoms with van der Waals surface area (Å²) in [5, 5.41) is 31.4. The predicted octanol–water partition coefficient (Wildman–Crippen LogP) is -0.497. The van der Waals surface area contributed by atoms with Crippen LogP contribution in [0.3, 0.4) is 0 Å². The number of carbonyl (C=O) groups is 1. The number of nitrogens with one attached hydrogen (secondary N) is 1. The molecule has 0 bridgehead atoms. The Balaban J connectivity index is 2.19. The molecule has 6 nitrogen and oxygen atoms in total. The van der Waals surface area contributed by atoms with Gasteiger partial charge in [-0.25, -0.2) is 0 Å². The van der Waals surface area contributed by atoms with Crippen LogP contribution in [0.5, 0.6) is 11.5 Å². The second kappa shape index (κ2) is 4.83. The van der Waals surface area contributed by atoms with Gasteiger partial charge in [-0.1, -0.05) is 0 Å². The molecule has 0 saturated carbocycles. The molecule has 1 aliphatic rings. The maximum absolute atomic E-state index is 12.1. The van der Waals surface area contributed by atoms with Gasteiger partial charge in [-0.2, -0.15) is 0 Å². The van der Waals surface area contributed by atoms with E-state index in [1.807, 2.05) is 0 Å². The molecular formula is C12H16N2O4. The van der Waals surface area contributed by atoms with E-state index >= 15 is 0 Å². The van der Waals surface area contributed by atoms with E-state index in [1.165, 1.54) is 17.0 Å². The standard InChI is InChI=1S/C12H16N2O4/c1-14(10-5-13-6-11(10)17)12(18)7-2-8(15)4-9(16)3-7/h2-4,10-11,13,15-17H,5-6H2,1H3/t10-,11-/m0/s1. The second-order valence-corrected chi connectivity index (χ2v) is 4.45. The van der Waals surface area contributed by atoms with Crippen LogP contribution in [0.2, 0.25) is 0 Å². The largest absolute Gasteiger partial charge is 0.508 e. The summed E-state index contributed by atoms with van der Waals surface area (Å²) in [6.45, 7) is 0.974. The number of aliphatic hydroxyl groups is 1. The van der Waals surface area contributed by atoms with Crippen LogP contribution < -0.4 is 5.32 Å². The first-order chi connectivity index (χ1) is 8.49. The van der Waals surface area contributed by atoms with Crippen LogP contribution in [0.25, 0.3) is 0 Å². The van der Waals surface area contributed by atoms with Gasteiger partial charge in [0.05, 0.1) is 12.1 Å². The number of β-amino-alcohol motifs (C(OH)–C–C–N with tert-alkyl or cyclic N) is 1. The van der Waals surface area contributed by atoms with Gasteiger partial charge in [-0.15, -0.1) is 0 Å². The topological polar surface area (TPSA) is 93.0 Å². The van der Waals surface area contributed by atoms with Crippen LogP contribution in [0.15, 0.2) is 18.2 Å². The normalized spacial score (nSPS) is 23.0. The quantitative estimate of drug-likeness (QED) is 0.569. The number of phenolic OH excluding ortho intramolecular Hbond substituents is 2. The lowest BCUT2D eigenvalue weighted by Gasteiger charge is -2.26. The minimum Gasteiger partial charge on any atom is -0.508 e. The maximum Gasteiger partial charge on any atom is 0.254 e. The fraction of sp³-hybridized carbons (Fsp3) is 0.417. The number of likely N-dealkylation sites (N-methyl/N-ethyl adjacent to an activating group) is 1. The van der Waals surface area contributed by atoms with Gasteiger partial charge in [0.1, 0.15) is 11.5 Å². The van der Waals surface area contributed by atoms with Crippen molar-refractivity contribution >= 4 is 5.91 Å². The van der Waals surface area contributed by atoms with Gasteiger partial charge in [0, 0.05) is 31.8 Å². The highest BCUT2D eigenvalue weighted by Crippen LogP contribution is 2.22. The molecule has 1 fully saturated rings. The molecule has 1 heterocycles. The van der Waals surface area contributed by atoms with Gasteiger partial charge in [0.2, 0.25) is 0 Å². The Kier molecular flexibility index (Phi) is 3.40. The zero-order valence-electron chi connectivity index (χ0n) is 10.00. The number of hydrogen-bond acceptors (Lipinski definition) is 5. The molecule has 0 aliphatic carbocycles. The molecule has 18 heavy (non-hydrogen) atoms. The van der Waals surface area contributed by atoms with E-state index in [-0.39, 0.29) is 29.0 Å². The van der Waals surface area contributed by atoms with Crippen molar-refractivity contribution in [2.75, 3.05) is 20.1 Å². The van der Waals surface area contributed by atoms with Gasteiger partial charge in [0.25, 0.3) is 5.91 Å². The van der Waals surface area contributed by atoms with E-state index in [1.54, 1.807) is 7.05 Å². The molecule has 1 aromatic rings. The first-order valence-corrected chi connectivity index (χ1v) is 5.68. The van der Waals surface area contributed by atoms with Crippen LogP contribution in [-0.4, -0.2) is 58.4 Å². The molecule has 0 spiro atoms. The van der Waals surface area contributed by atoms with Crippen molar-refractivity contribution in [1.29, 1.82) is 0 Å². The van der Waals surface area contributed by atoms with Crippen LogP contribution in [0.4, 0.5) is 0 Å². The number of aromatic hydroxyl groups is 2. The van der Waals surface area contributed by atoms with Gasteiger partial charge in [0.15, 0.2) is 0 Å². The minimum absolute atomic E-state index is 0.170. The second-order valence-electron chi connectivity index (χ2n) is 4.45. The smallest absolute Gasteiger partial charge is 0.254 e. The Labute approximate surface area is 104 Å². The van der Waals surface area contributed by atoms with Crippen LogP contribution in [0.1, 0.15) is 10.4 Å². The monoisotopic (exact) mass is 252 g/mol. The lowest BCUT2D eigenvalue weighted by atomic mass is 10.1. The number of phenols is 2. The van der Waals surface area contributed by atoms with Gasteiger partial charge >= 0.3 is 0 Å². The summed E-state index contributed by atoms with van der Waals surface area (Å²) in [6.07, 6.45) is -0.607. The molecule has 1 aromatic carbocycles. The third-order valence-electron chi connectivity index (χ3n) is 3.12. The van der Waals surface area contributed by atoms with Crippen molar-refractivity contribution in [2.24, 2.45) is 0 Å². The van der Waals surface area contributed by atoms with Crippen LogP contribution in [-0.2, 0) is 0 Å². The van der Waals surface area contributed by atoms with E-state index < -0.39 is 6.10 Å². The van der Waals surface area contributed by atoms with E-state index in [0.717, 1.165) is 6.07 Å². The summed E-state index contributed by atoms with van der Waals surface area (Å²) in [5.74, 6) is -0.692. The highest BCUT2D eigenvalue weighted by Gasteiger charge is 2.31. The van der Waals surface area contributed by atoms with Gasteiger partial charge in [-0.3, -0.25) is 4.79 Å². The highest BCUT2D eigenvalue weighted by atomic mass is 16.3. The third kappa shape index (κ3) is 2.39. The molecule has 2 atom stereocenters. The fourth-order valence-electron chi connectivity index (χ4n) is 2.12. The van der Waals surface area contributed by atoms with E-state index in [0.29, 0.717) is 13.1 Å². The van der Waals surface area contributed by atoms with E-state index in [9.17, 15) is 20.1 Å². The van der Waals surface area contributed by atoms with Crippen molar-refractivity contribution in [3.05, 3.63) is 23.8 Å². The Morgan fingerprint density at radius 3 is 2.39 bits per heavy atom. The summed E-state index contributed by atoms with van der Waals surface area (Å²) in [7, 11) is 1.59. The minimum atomic E-state index is -0.607.